The van der Waals surface area contributed by atoms with Gasteiger partial charge in [0.1, 0.15) is 0 Å². The predicted octanol–water partition coefficient (Wildman–Crippen LogP) is 1.37. The van der Waals surface area contributed by atoms with Gasteiger partial charge < -0.3 is 20.1 Å². The molecule has 0 aromatic rings. The van der Waals surface area contributed by atoms with Crippen LogP contribution < -0.4 is 5.32 Å². The quantitative estimate of drug-likeness (QED) is 0.764. The van der Waals surface area contributed by atoms with Gasteiger partial charge in [0.25, 0.3) is 0 Å². The van der Waals surface area contributed by atoms with Crippen molar-refractivity contribution in [1.82, 2.24) is 10.2 Å². The number of carbonyl (C=O) groups excluding carboxylic acids is 2. The highest BCUT2D eigenvalue weighted by atomic mass is 16.5. The number of nitrogens with zero attached hydrogens (tertiary/aromatic N) is 1. The molecule has 0 radical (unpaired) electrons. The zero-order chi connectivity index (χ0) is 16.1. The Morgan fingerprint density at radius 3 is 2.45 bits per heavy atom. The number of carboxylic acid groups (broad SMARTS) is 1. The molecule has 2 amide bonds. The zero-order valence-electron chi connectivity index (χ0n) is 12.9. The lowest BCUT2D eigenvalue weighted by Gasteiger charge is -2.30. The van der Waals surface area contributed by atoms with Gasteiger partial charge in [-0.2, -0.15) is 0 Å². The normalized spacial score (nSPS) is 28.2. The van der Waals surface area contributed by atoms with E-state index in [9.17, 15) is 14.4 Å². The largest absolute Gasteiger partial charge is 0.481 e. The van der Waals surface area contributed by atoms with E-state index < -0.39 is 5.97 Å². The average molecular weight is 312 g/mol. The fraction of sp³-hybridized carbons (Fsp3) is 0.800. The minimum absolute atomic E-state index is 0.0301. The SMILES string of the molecule is COC(=O)CC1CCCN1C(=O)NC1CCC(C(=O)O)CC1. The Morgan fingerprint density at radius 1 is 1.18 bits per heavy atom. The third kappa shape index (κ3) is 4.11. The Morgan fingerprint density at radius 2 is 1.86 bits per heavy atom. The predicted molar refractivity (Wildman–Crippen MR) is 78.3 cm³/mol. The molecular formula is C15H24N2O5. The summed E-state index contributed by atoms with van der Waals surface area (Å²) in [5.41, 5.74) is 0. The van der Waals surface area contributed by atoms with Gasteiger partial charge in [-0.05, 0) is 38.5 Å². The molecule has 2 fully saturated rings. The lowest BCUT2D eigenvalue weighted by molar-refractivity contribution is -0.143. The van der Waals surface area contributed by atoms with Crippen molar-refractivity contribution in [2.24, 2.45) is 5.92 Å². The topological polar surface area (TPSA) is 95.9 Å². The highest BCUT2D eigenvalue weighted by Gasteiger charge is 2.33. The number of carbonyl (C=O) groups is 3. The van der Waals surface area contributed by atoms with Crippen molar-refractivity contribution >= 4 is 18.0 Å². The van der Waals surface area contributed by atoms with Crippen LogP contribution in [-0.4, -0.2) is 53.7 Å². The Balaban J connectivity index is 1.81. The van der Waals surface area contributed by atoms with Gasteiger partial charge in [-0.15, -0.1) is 0 Å². The van der Waals surface area contributed by atoms with Crippen molar-refractivity contribution in [3.8, 4) is 0 Å². The number of carboxylic acids is 1. The first-order chi connectivity index (χ1) is 10.5. The van der Waals surface area contributed by atoms with Crippen LogP contribution in [0.15, 0.2) is 0 Å². The van der Waals surface area contributed by atoms with Crippen molar-refractivity contribution in [3.05, 3.63) is 0 Å². The number of methoxy groups -OCH3 is 1. The maximum atomic E-state index is 12.4. The summed E-state index contributed by atoms with van der Waals surface area (Å²) in [6, 6.07) is -0.213. The van der Waals surface area contributed by atoms with Crippen LogP contribution in [0.4, 0.5) is 4.79 Å². The van der Waals surface area contributed by atoms with Crippen LogP contribution in [0.3, 0.4) is 0 Å². The van der Waals surface area contributed by atoms with Crippen LogP contribution in [0.1, 0.15) is 44.9 Å². The van der Waals surface area contributed by atoms with Gasteiger partial charge >= 0.3 is 18.0 Å². The summed E-state index contributed by atoms with van der Waals surface area (Å²) in [5, 5.41) is 12.0. The third-order valence-electron chi connectivity index (χ3n) is 4.67. The van der Waals surface area contributed by atoms with E-state index in [0.717, 1.165) is 12.8 Å². The van der Waals surface area contributed by atoms with E-state index in [1.165, 1.54) is 7.11 Å². The second-order valence-corrected chi connectivity index (χ2v) is 6.11. The van der Waals surface area contributed by atoms with E-state index in [1.54, 1.807) is 4.90 Å². The van der Waals surface area contributed by atoms with Crippen LogP contribution in [0, 0.1) is 5.92 Å². The number of rotatable bonds is 4. The van der Waals surface area contributed by atoms with Crippen molar-refractivity contribution in [2.75, 3.05) is 13.7 Å². The molecule has 0 aromatic carbocycles. The monoisotopic (exact) mass is 312 g/mol. The molecule has 1 aliphatic carbocycles. The Kier molecular flexibility index (Phi) is 5.63. The molecule has 1 unspecified atom stereocenters. The Hall–Kier alpha value is -1.79. The number of amides is 2. The van der Waals surface area contributed by atoms with E-state index in [0.29, 0.717) is 32.2 Å². The maximum absolute atomic E-state index is 12.4. The number of urea groups is 1. The molecule has 1 aliphatic heterocycles. The smallest absolute Gasteiger partial charge is 0.317 e. The molecular weight excluding hydrogens is 288 g/mol. The molecule has 0 bridgehead atoms. The van der Waals surface area contributed by atoms with Crippen LogP contribution in [-0.2, 0) is 14.3 Å². The number of nitrogens with one attached hydrogen (secondary N) is 1. The van der Waals surface area contributed by atoms with E-state index in [-0.39, 0.29) is 36.4 Å². The minimum Gasteiger partial charge on any atom is -0.481 e. The lowest BCUT2D eigenvalue weighted by atomic mass is 9.86. The van der Waals surface area contributed by atoms with Gasteiger partial charge in [0.15, 0.2) is 0 Å². The molecule has 22 heavy (non-hydrogen) atoms. The summed E-state index contributed by atoms with van der Waals surface area (Å²) >= 11 is 0. The van der Waals surface area contributed by atoms with E-state index in [2.05, 4.69) is 10.1 Å². The summed E-state index contributed by atoms with van der Waals surface area (Å²) in [4.78, 5) is 36.4. The van der Waals surface area contributed by atoms with Crippen molar-refractivity contribution < 1.29 is 24.2 Å². The van der Waals surface area contributed by atoms with Gasteiger partial charge in [0, 0.05) is 18.6 Å². The third-order valence-corrected chi connectivity index (χ3v) is 4.67. The molecule has 7 nitrogen and oxygen atoms in total. The van der Waals surface area contributed by atoms with Crippen molar-refractivity contribution in [2.45, 2.75) is 57.0 Å². The first kappa shape index (κ1) is 16.6. The molecule has 2 aliphatic rings. The number of aliphatic carboxylic acids is 1. The molecule has 0 aromatic heterocycles. The number of likely N-dealkylation sites (tertiary alicyclic amines) is 1. The van der Waals surface area contributed by atoms with Gasteiger partial charge in [0.2, 0.25) is 0 Å². The molecule has 1 saturated heterocycles. The highest BCUT2D eigenvalue weighted by molar-refractivity contribution is 5.77. The fourth-order valence-corrected chi connectivity index (χ4v) is 3.33. The van der Waals surface area contributed by atoms with E-state index in [4.69, 9.17) is 5.11 Å². The molecule has 124 valence electrons. The van der Waals surface area contributed by atoms with E-state index >= 15 is 0 Å². The number of hydrogen-bond donors (Lipinski definition) is 2. The van der Waals surface area contributed by atoms with Gasteiger partial charge in [0.05, 0.1) is 19.4 Å². The molecule has 1 heterocycles. The van der Waals surface area contributed by atoms with Crippen molar-refractivity contribution in [3.63, 3.8) is 0 Å². The summed E-state index contributed by atoms with van der Waals surface area (Å²) < 4.78 is 4.67. The van der Waals surface area contributed by atoms with E-state index in [1.807, 2.05) is 0 Å². The standard InChI is InChI=1S/C15H24N2O5/c1-22-13(18)9-12-3-2-8-17(12)15(21)16-11-6-4-10(5-7-11)14(19)20/h10-12H,2-9H2,1H3,(H,16,21)(H,19,20). The van der Waals surface area contributed by atoms with Gasteiger partial charge in [-0.3, -0.25) is 9.59 Å². The van der Waals surface area contributed by atoms with Crippen molar-refractivity contribution in [1.29, 1.82) is 0 Å². The molecule has 1 saturated carbocycles. The first-order valence-corrected chi connectivity index (χ1v) is 7.88. The summed E-state index contributed by atoms with van der Waals surface area (Å²) in [6.45, 7) is 0.651. The molecule has 0 spiro atoms. The summed E-state index contributed by atoms with van der Waals surface area (Å²) in [5.74, 6) is -1.33. The van der Waals surface area contributed by atoms with Crippen LogP contribution in [0.2, 0.25) is 0 Å². The van der Waals surface area contributed by atoms with Gasteiger partial charge in [-0.1, -0.05) is 0 Å². The number of ether oxygens (including phenoxy) is 1. The minimum atomic E-state index is -0.748. The van der Waals surface area contributed by atoms with Crippen LogP contribution in [0.25, 0.3) is 0 Å². The summed E-state index contributed by atoms with van der Waals surface area (Å²) in [6.07, 6.45) is 4.53. The molecule has 1 atom stereocenters. The molecule has 2 N–H and O–H groups in total. The lowest BCUT2D eigenvalue weighted by Crippen LogP contribution is -2.48. The van der Waals surface area contributed by atoms with Crippen LogP contribution in [0.5, 0.6) is 0 Å². The molecule has 7 heteroatoms. The fourth-order valence-electron chi connectivity index (χ4n) is 3.33. The zero-order valence-corrected chi connectivity index (χ0v) is 12.9. The summed E-state index contributed by atoms with van der Waals surface area (Å²) in [7, 11) is 1.35. The second-order valence-electron chi connectivity index (χ2n) is 6.11. The second kappa shape index (κ2) is 7.47. The Bertz CT molecular complexity index is 432. The molecule has 2 rings (SSSR count). The number of esters is 1. The highest BCUT2D eigenvalue weighted by Crippen LogP contribution is 2.26. The van der Waals surface area contributed by atoms with Crippen LogP contribution >= 0.6 is 0 Å². The first-order valence-electron chi connectivity index (χ1n) is 7.88. The Labute approximate surface area is 130 Å². The average Bonchev–Trinajstić information content (AvgIpc) is 2.95. The number of hydrogen-bond acceptors (Lipinski definition) is 4. The van der Waals surface area contributed by atoms with Gasteiger partial charge in [-0.25, -0.2) is 4.79 Å². The maximum Gasteiger partial charge on any atom is 0.317 e.